The quantitative estimate of drug-likeness (QED) is 0.146. The van der Waals surface area contributed by atoms with Gasteiger partial charge in [-0.15, -0.1) is 0 Å². The molecule has 12 aromatic carbocycles. The first-order valence-corrected chi connectivity index (χ1v) is 28.6. The summed E-state index contributed by atoms with van der Waals surface area (Å²) in [5.74, 6) is 2.98. The molecule has 0 fully saturated rings. The van der Waals surface area contributed by atoms with Crippen molar-refractivity contribution in [3.05, 3.63) is 261 Å². The molecule has 18 rings (SSSR count). The summed E-state index contributed by atoms with van der Waals surface area (Å²) in [6.45, 7) is -0.325. The number of anilines is 9. The van der Waals surface area contributed by atoms with Crippen molar-refractivity contribution < 1.29 is 18.3 Å². The van der Waals surface area contributed by atoms with Gasteiger partial charge in [0.1, 0.15) is 39.7 Å². The predicted octanol–water partition coefficient (Wildman–Crippen LogP) is 15.9. The van der Waals surface area contributed by atoms with Crippen molar-refractivity contribution in [1.82, 2.24) is 0 Å². The van der Waals surface area contributed by atoms with Gasteiger partial charge in [0.15, 0.2) is 5.58 Å². The highest BCUT2D eigenvalue weighted by atomic mass is 32.2. The molecule has 82 heavy (non-hydrogen) atoms. The number of fused-ring (bicyclic) bond motifs is 16. The Bertz CT molecular complexity index is 4940. The van der Waals surface area contributed by atoms with Crippen LogP contribution in [0.3, 0.4) is 0 Å². The first-order valence-electron chi connectivity index (χ1n) is 27.8. The van der Waals surface area contributed by atoms with Crippen molar-refractivity contribution in [2.75, 3.05) is 14.7 Å². The summed E-state index contributed by atoms with van der Waals surface area (Å²) in [4.78, 5) is 9.82. The molecule has 0 N–H and O–H groups in total. The highest BCUT2D eigenvalue weighted by Gasteiger charge is 2.49. The van der Waals surface area contributed by atoms with Gasteiger partial charge in [0, 0.05) is 84.1 Å². The van der Waals surface area contributed by atoms with Crippen molar-refractivity contribution >= 4 is 153 Å². The van der Waals surface area contributed by atoms with Crippen LogP contribution in [0.25, 0.3) is 43.9 Å². The highest BCUT2D eigenvalue weighted by Crippen LogP contribution is 2.52. The van der Waals surface area contributed by atoms with Gasteiger partial charge in [0.25, 0.3) is 6.71 Å². The van der Waals surface area contributed by atoms with E-state index in [1.807, 2.05) is 84.6 Å². The SMILES string of the molecule is c1ccc(Oc2ccc3c(c2)oc2c4c5c(cc23)N(c2ccccc2)c2cc3c(cc2B5c2ccccc2S4)B2c4ccccc4N(c4ccccc4)c4c2c(cc2c4oc4cc(Oc5ccccc5)ccc42)N3c2ccccc2)cc1. The van der Waals surface area contributed by atoms with Gasteiger partial charge in [-0.05, 0) is 143 Å². The normalized spacial score (nSPS) is 13.4. The Morgan fingerprint density at radius 3 is 1.37 bits per heavy atom. The van der Waals surface area contributed by atoms with Crippen molar-refractivity contribution in [2.45, 2.75) is 9.79 Å². The molecule has 382 valence electrons. The third kappa shape index (κ3) is 6.70. The number of nitrogens with zero attached hydrogens (tertiary/aromatic N) is 3. The molecule has 0 radical (unpaired) electrons. The summed E-state index contributed by atoms with van der Waals surface area (Å²) in [6, 6.07) is 92.7. The molecular weight excluding hydrogens is 1020 g/mol. The molecule has 4 aliphatic heterocycles. The molecule has 0 saturated heterocycles. The second kappa shape index (κ2) is 17.6. The third-order valence-corrected chi connectivity index (χ3v) is 18.1. The number of hydrogen-bond donors (Lipinski definition) is 0. The lowest BCUT2D eigenvalue weighted by Crippen LogP contribution is -2.64. The number of hydrogen-bond acceptors (Lipinski definition) is 8. The molecule has 7 nitrogen and oxygen atoms in total. The first kappa shape index (κ1) is 45.6. The van der Waals surface area contributed by atoms with Gasteiger partial charge in [-0.2, -0.15) is 0 Å². The average molecular weight is 1070 g/mol. The van der Waals surface area contributed by atoms with Gasteiger partial charge in [-0.1, -0.05) is 151 Å². The number of para-hydroxylation sites is 6. The minimum atomic E-state index is -0.194. The van der Waals surface area contributed by atoms with Crippen LogP contribution in [0.5, 0.6) is 23.0 Å². The molecule has 6 heterocycles. The molecule has 4 aliphatic rings. The number of furan rings is 2. The van der Waals surface area contributed by atoms with Crippen molar-refractivity contribution in [2.24, 2.45) is 0 Å². The van der Waals surface area contributed by atoms with Crippen LogP contribution in [0.1, 0.15) is 0 Å². The summed E-state index contributed by atoms with van der Waals surface area (Å²) < 4.78 is 27.3. The van der Waals surface area contributed by atoms with Gasteiger partial charge in [0.05, 0.1) is 10.6 Å². The van der Waals surface area contributed by atoms with Crippen molar-refractivity contribution in [3.8, 4) is 23.0 Å². The summed E-state index contributed by atoms with van der Waals surface area (Å²) >= 11 is 1.82. The zero-order valence-electron chi connectivity index (χ0n) is 43.9. The third-order valence-electron chi connectivity index (χ3n) is 16.9. The van der Waals surface area contributed by atoms with Crippen LogP contribution < -0.4 is 57.0 Å². The summed E-state index contributed by atoms with van der Waals surface area (Å²) in [7, 11) is 0. The van der Waals surface area contributed by atoms with E-state index in [0.29, 0.717) is 5.75 Å². The Hall–Kier alpha value is -10.3. The standard InChI is InChI=1S/C72H43B2N3O4S/c1-6-20-44(21-7-1)75-60-43-61-58(74-56-31-17-19-33-66(56)82-72-68(74)63(76(61)45-22-8-2-9-23-45)41-54-52-37-35-50(39-65(52)81-71(54)72)79-48-28-14-5-15-29-48)42-57(60)73-55-30-16-18-32-59(55)77(46-24-10-3-11-25-46)69-67(73)62(75)40-53-51-36-34-49(38-64(51)80-70(53)69)78-47-26-12-4-13-27-47/h1-43H. The molecule has 2 aromatic heterocycles. The van der Waals surface area contributed by atoms with Crippen LogP contribution in [0.15, 0.2) is 279 Å². The van der Waals surface area contributed by atoms with Gasteiger partial charge in [-0.3, -0.25) is 0 Å². The lowest BCUT2D eigenvalue weighted by atomic mass is 9.30. The molecule has 10 heteroatoms. The molecule has 0 spiro atoms. The van der Waals surface area contributed by atoms with Crippen LogP contribution in [0, 0.1) is 0 Å². The number of rotatable bonds is 7. The Morgan fingerprint density at radius 2 is 0.780 bits per heavy atom. The second-order valence-corrected chi connectivity index (χ2v) is 22.5. The fraction of sp³-hybridized carbons (Fsp3) is 0. The van der Waals surface area contributed by atoms with Gasteiger partial charge in [0.2, 0.25) is 6.71 Å². The van der Waals surface area contributed by atoms with Crippen LogP contribution in [-0.2, 0) is 0 Å². The maximum absolute atomic E-state index is 7.31. The molecule has 0 atom stereocenters. The Kier molecular flexibility index (Phi) is 9.79. The van der Waals surface area contributed by atoms with E-state index in [9.17, 15) is 0 Å². The lowest BCUT2D eigenvalue weighted by molar-refractivity contribution is 0.482. The molecule has 14 aromatic rings. The zero-order chi connectivity index (χ0) is 53.6. The summed E-state index contributed by atoms with van der Waals surface area (Å²) in [5, 5.41) is 4.13. The summed E-state index contributed by atoms with van der Waals surface area (Å²) in [5.41, 5.74) is 20.4. The van der Waals surface area contributed by atoms with Crippen LogP contribution in [0.2, 0.25) is 0 Å². The molecule has 0 bridgehead atoms. The minimum Gasteiger partial charge on any atom is -0.457 e. The van der Waals surface area contributed by atoms with E-state index < -0.39 is 0 Å². The monoisotopic (exact) mass is 1070 g/mol. The van der Waals surface area contributed by atoms with E-state index in [1.54, 1.807) is 0 Å². The van der Waals surface area contributed by atoms with Crippen LogP contribution in [-0.4, -0.2) is 13.4 Å². The topological polar surface area (TPSA) is 54.5 Å². The maximum Gasteiger partial charge on any atom is 0.252 e. The van der Waals surface area contributed by atoms with Gasteiger partial charge >= 0.3 is 0 Å². The highest BCUT2D eigenvalue weighted by molar-refractivity contribution is 8.00. The van der Waals surface area contributed by atoms with Gasteiger partial charge < -0.3 is 33.0 Å². The second-order valence-electron chi connectivity index (χ2n) is 21.4. The zero-order valence-corrected chi connectivity index (χ0v) is 44.7. The van der Waals surface area contributed by atoms with Crippen molar-refractivity contribution in [1.29, 1.82) is 0 Å². The molecule has 0 amide bonds. The van der Waals surface area contributed by atoms with E-state index in [0.717, 1.165) is 117 Å². The predicted molar refractivity (Wildman–Crippen MR) is 338 cm³/mol. The Morgan fingerprint density at radius 1 is 0.317 bits per heavy atom. The van der Waals surface area contributed by atoms with E-state index in [2.05, 4.69) is 203 Å². The van der Waals surface area contributed by atoms with Crippen LogP contribution in [0.4, 0.5) is 51.2 Å². The van der Waals surface area contributed by atoms with Gasteiger partial charge in [-0.25, -0.2) is 0 Å². The Balaban J connectivity index is 0.930. The fourth-order valence-corrected chi connectivity index (χ4v) is 14.8. The largest absolute Gasteiger partial charge is 0.457 e. The van der Waals surface area contributed by atoms with E-state index in [4.69, 9.17) is 18.3 Å². The molecular formula is C72H43B2N3O4S. The minimum absolute atomic E-state index is 0.131. The lowest BCUT2D eigenvalue weighted by Gasteiger charge is -2.46. The molecule has 0 saturated carbocycles. The van der Waals surface area contributed by atoms with Crippen LogP contribution >= 0.6 is 11.8 Å². The van der Waals surface area contributed by atoms with Crippen molar-refractivity contribution in [3.63, 3.8) is 0 Å². The summed E-state index contributed by atoms with van der Waals surface area (Å²) in [6.07, 6.45) is 0. The molecule has 0 aliphatic carbocycles. The fourth-order valence-electron chi connectivity index (χ4n) is 13.6. The van der Waals surface area contributed by atoms with E-state index >= 15 is 0 Å². The Labute approximate surface area is 477 Å². The van der Waals surface area contributed by atoms with E-state index in [1.165, 1.54) is 37.7 Å². The number of benzene rings is 12. The van der Waals surface area contributed by atoms with E-state index in [-0.39, 0.29) is 13.4 Å². The average Bonchev–Trinajstić information content (AvgIpc) is 3.00. The first-order chi connectivity index (χ1) is 40.7. The molecule has 0 unspecified atom stereocenters. The smallest absolute Gasteiger partial charge is 0.252 e. The maximum atomic E-state index is 7.31. The number of ether oxygens (including phenoxy) is 2.